The van der Waals surface area contributed by atoms with Crippen molar-refractivity contribution in [2.45, 2.75) is 25.3 Å². The van der Waals surface area contributed by atoms with Gasteiger partial charge in [0.1, 0.15) is 5.69 Å². The SMILES string of the molecule is COc1cccc(N2CCCC2CC(=O)O)c1[N+](=O)[O-]. The number of rotatable bonds is 5. The number of anilines is 1. The van der Waals surface area contributed by atoms with Crippen molar-refractivity contribution in [3.8, 4) is 5.75 Å². The van der Waals surface area contributed by atoms with Gasteiger partial charge in [-0.15, -0.1) is 0 Å². The van der Waals surface area contributed by atoms with Crippen LogP contribution >= 0.6 is 0 Å². The summed E-state index contributed by atoms with van der Waals surface area (Å²) in [5.41, 5.74) is 0.324. The number of ether oxygens (including phenoxy) is 1. The first-order valence-corrected chi connectivity index (χ1v) is 6.34. The number of aliphatic carboxylic acids is 1. The molecule has 7 nitrogen and oxygen atoms in total. The number of nitrogens with zero attached hydrogens (tertiary/aromatic N) is 2. The maximum Gasteiger partial charge on any atom is 0.333 e. The lowest BCUT2D eigenvalue weighted by atomic mass is 10.1. The third-order valence-electron chi connectivity index (χ3n) is 3.48. The quantitative estimate of drug-likeness (QED) is 0.655. The van der Waals surface area contributed by atoms with Crippen molar-refractivity contribution in [3.05, 3.63) is 28.3 Å². The molecule has 1 aliphatic rings. The predicted octanol–water partition coefficient (Wildman–Crippen LogP) is 2.05. The molecule has 1 saturated heterocycles. The van der Waals surface area contributed by atoms with Crippen LogP contribution in [0.1, 0.15) is 19.3 Å². The minimum absolute atomic E-state index is 0.0195. The van der Waals surface area contributed by atoms with Crippen LogP contribution in [0.2, 0.25) is 0 Å². The van der Waals surface area contributed by atoms with E-state index in [2.05, 4.69) is 0 Å². The Labute approximate surface area is 115 Å². The molecule has 1 N–H and O–H groups in total. The Bertz CT molecular complexity index is 531. The van der Waals surface area contributed by atoms with Gasteiger partial charge in [0, 0.05) is 12.6 Å². The molecule has 20 heavy (non-hydrogen) atoms. The fraction of sp³-hybridized carbons (Fsp3) is 0.462. The summed E-state index contributed by atoms with van der Waals surface area (Å²) in [6.45, 7) is 0.617. The number of hydrogen-bond donors (Lipinski definition) is 1. The standard InChI is InChI=1S/C13H16N2O5/c1-20-11-6-2-5-10(13(11)15(18)19)14-7-3-4-9(14)8-12(16)17/h2,5-6,9H,3-4,7-8H2,1H3,(H,16,17). The highest BCUT2D eigenvalue weighted by Crippen LogP contribution is 2.40. The van der Waals surface area contributed by atoms with Crippen LogP contribution in [0.4, 0.5) is 11.4 Å². The highest BCUT2D eigenvalue weighted by atomic mass is 16.6. The predicted molar refractivity (Wildman–Crippen MR) is 72.3 cm³/mol. The van der Waals surface area contributed by atoms with E-state index in [9.17, 15) is 14.9 Å². The third-order valence-corrected chi connectivity index (χ3v) is 3.48. The molecule has 1 fully saturated rings. The Balaban J connectivity index is 2.41. The number of methoxy groups -OCH3 is 1. The van der Waals surface area contributed by atoms with Crippen LogP contribution in [0.3, 0.4) is 0 Å². The molecular formula is C13H16N2O5. The maximum absolute atomic E-state index is 11.3. The van der Waals surface area contributed by atoms with Gasteiger partial charge < -0.3 is 14.7 Å². The van der Waals surface area contributed by atoms with Crippen molar-refractivity contribution in [2.24, 2.45) is 0 Å². The van der Waals surface area contributed by atoms with Crippen molar-refractivity contribution in [1.82, 2.24) is 0 Å². The molecule has 1 heterocycles. The second-order valence-electron chi connectivity index (χ2n) is 4.67. The van der Waals surface area contributed by atoms with Crippen LogP contribution in [-0.2, 0) is 4.79 Å². The fourth-order valence-corrected chi connectivity index (χ4v) is 2.66. The van der Waals surface area contributed by atoms with E-state index in [1.165, 1.54) is 13.2 Å². The van der Waals surface area contributed by atoms with E-state index in [0.29, 0.717) is 12.2 Å². The topological polar surface area (TPSA) is 92.9 Å². The molecule has 108 valence electrons. The number of carbonyl (C=O) groups is 1. The van der Waals surface area contributed by atoms with E-state index in [1.54, 1.807) is 17.0 Å². The molecule has 0 amide bonds. The first kappa shape index (κ1) is 14.1. The van der Waals surface area contributed by atoms with Gasteiger partial charge in [0.2, 0.25) is 0 Å². The Morgan fingerprint density at radius 3 is 2.95 bits per heavy atom. The number of nitro groups is 1. The van der Waals surface area contributed by atoms with Crippen molar-refractivity contribution in [1.29, 1.82) is 0 Å². The maximum atomic E-state index is 11.3. The number of para-hydroxylation sites is 1. The van der Waals surface area contributed by atoms with Gasteiger partial charge in [0.15, 0.2) is 5.75 Å². The smallest absolute Gasteiger partial charge is 0.333 e. The summed E-state index contributed by atoms with van der Waals surface area (Å²) in [5, 5.41) is 20.2. The normalized spacial score (nSPS) is 18.1. The zero-order chi connectivity index (χ0) is 14.7. The van der Waals surface area contributed by atoms with E-state index in [-0.39, 0.29) is 23.9 Å². The van der Waals surface area contributed by atoms with Gasteiger partial charge >= 0.3 is 11.7 Å². The van der Waals surface area contributed by atoms with E-state index in [1.807, 2.05) is 0 Å². The van der Waals surface area contributed by atoms with Crippen LogP contribution in [0.5, 0.6) is 5.75 Å². The van der Waals surface area contributed by atoms with Crippen LogP contribution < -0.4 is 9.64 Å². The summed E-state index contributed by atoms with van der Waals surface area (Å²) in [4.78, 5) is 23.5. The van der Waals surface area contributed by atoms with Gasteiger partial charge in [-0.05, 0) is 25.0 Å². The molecule has 1 unspecified atom stereocenters. The second-order valence-corrected chi connectivity index (χ2v) is 4.67. The third kappa shape index (κ3) is 2.66. The van der Waals surface area contributed by atoms with Crippen molar-refractivity contribution < 1.29 is 19.6 Å². The first-order chi connectivity index (χ1) is 9.54. The van der Waals surface area contributed by atoms with E-state index in [4.69, 9.17) is 9.84 Å². The van der Waals surface area contributed by atoms with Crippen LogP contribution in [0.25, 0.3) is 0 Å². The zero-order valence-corrected chi connectivity index (χ0v) is 11.1. The van der Waals surface area contributed by atoms with Gasteiger partial charge in [-0.25, -0.2) is 0 Å². The molecule has 1 aromatic carbocycles. The van der Waals surface area contributed by atoms with Crippen molar-refractivity contribution >= 4 is 17.3 Å². The lowest BCUT2D eigenvalue weighted by Crippen LogP contribution is -2.31. The largest absolute Gasteiger partial charge is 0.490 e. The van der Waals surface area contributed by atoms with E-state index in [0.717, 1.165) is 12.8 Å². The van der Waals surface area contributed by atoms with E-state index >= 15 is 0 Å². The van der Waals surface area contributed by atoms with Gasteiger partial charge in [-0.3, -0.25) is 14.9 Å². The molecular weight excluding hydrogens is 264 g/mol. The lowest BCUT2D eigenvalue weighted by Gasteiger charge is -2.25. The van der Waals surface area contributed by atoms with Gasteiger partial charge in [0.05, 0.1) is 18.5 Å². The number of hydrogen-bond acceptors (Lipinski definition) is 5. The summed E-state index contributed by atoms with van der Waals surface area (Å²) in [5.74, 6) is -0.707. The van der Waals surface area contributed by atoms with Crippen LogP contribution in [0, 0.1) is 10.1 Å². The number of carboxylic acids is 1. The van der Waals surface area contributed by atoms with Crippen LogP contribution in [-0.4, -0.2) is 35.7 Å². The van der Waals surface area contributed by atoms with Gasteiger partial charge in [0.25, 0.3) is 0 Å². The highest BCUT2D eigenvalue weighted by molar-refractivity contribution is 5.73. The molecule has 0 aromatic heterocycles. The zero-order valence-electron chi connectivity index (χ0n) is 11.1. The van der Waals surface area contributed by atoms with Crippen molar-refractivity contribution in [2.75, 3.05) is 18.6 Å². The van der Waals surface area contributed by atoms with E-state index < -0.39 is 10.9 Å². The number of nitro benzene ring substituents is 1. The van der Waals surface area contributed by atoms with Crippen LogP contribution in [0.15, 0.2) is 18.2 Å². The summed E-state index contributed by atoms with van der Waals surface area (Å²) in [6, 6.07) is 4.64. The Kier molecular flexibility index (Phi) is 4.07. The molecule has 7 heteroatoms. The minimum Gasteiger partial charge on any atom is -0.490 e. The summed E-state index contributed by atoms with van der Waals surface area (Å²) in [6.07, 6.45) is 1.53. The summed E-state index contributed by atoms with van der Waals surface area (Å²) < 4.78 is 5.04. The molecule has 0 bridgehead atoms. The number of carboxylic acid groups (broad SMARTS) is 1. The van der Waals surface area contributed by atoms with Gasteiger partial charge in [-0.1, -0.05) is 6.07 Å². The second kappa shape index (κ2) is 5.77. The molecule has 2 rings (SSSR count). The minimum atomic E-state index is -0.896. The first-order valence-electron chi connectivity index (χ1n) is 6.34. The Morgan fingerprint density at radius 1 is 1.60 bits per heavy atom. The molecule has 1 aromatic rings. The molecule has 0 saturated carbocycles. The Hall–Kier alpha value is -2.31. The molecule has 0 aliphatic carbocycles. The van der Waals surface area contributed by atoms with Crippen molar-refractivity contribution in [3.63, 3.8) is 0 Å². The lowest BCUT2D eigenvalue weighted by molar-refractivity contribution is -0.385. The summed E-state index contributed by atoms with van der Waals surface area (Å²) in [7, 11) is 1.38. The number of benzene rings is 1. The molecule has 1 atom stereocenters. The monoisotopic (exact) mass is 280 g/mol. The Morgan fingerprint density at radius 2 is 2.35 bits per heavy atom. The molecule has 0 radical (unpaired) electrons. The molecule has 1 aliphatic heterocycles. The highest BCUT2D eigenvalue weighted by Gasteiger charge is 2.32. The fourth-order valence-electron chi connectivity index (χ4n) is 2.66. The van der Waals surface area contributed by atoms with Gasteiger partial charge in [-0.2, -0.15) is 0 Å². The average Bonchev–Trinajstić information content (AvgIpc) is 2.84. The molecule has 0 spiro atoms. The summed E-state index contributed by atoms with van der Waals surface area (Å²) >= 11 is 0. The average molecular weight is 280 g/mol.